The van der Waals surface area contributed by atoms with E-state index in [2.05, 4.69) is 47.5 Å². The van der Waals surface area contributed by atoms with Crippen molar-refractivity contribution < 1.29 is 10.2 Å². The van der Waals surface area contributed by atoms with Gasteiger partial charge in [0.25, 0.3) is 0 Å². The lowest BCUT2D eigenvalue weighted by atomic mass is 10.2. The molecule has 0 amide bonds. The Labute approximate surface area is 192 Å². The van der Waals surface area contributed by atoms with Gasteiger partial charge >= 0.3 is 0 Å². The van der Waals surface area contributed by atoms with Crippen molar-refractivity contribution in [3.05, 3.63) is 59.7 Å². The molecule has 0 radical (unpaired) electrons. The molecule has 0 spiro atoms. The van der Waals surface area contributed by atoms with Gasteiger partial charge < -0.3 is 10.2 Å². The third-order valence-corrected chi connectivity index (χ3v) is 5.50. The van der Waals surface area contributed by atoms with Crippen molar-refractivity contribution in [2.45, 2.75) is 39.8 Å². The highest BCUT2D eigenvalue weighted by Crippen LogP contribution is 2.13. The molecule has 0 unspecified atom stereocenters. The lowest BCUT2D eigenvalue weighted by molar-refractivity contribution is 0.160. The normalized spacial score (nSPS) is 12.4. The number of nitrogens with zero attached hydrogens (tertiary/aromatic N) is 4. The highest BCUT2D eigenvalue weighted by Gasteiger charge is 2.13. The SMILES string of the molecule is CC(C)N(CC/N=C\c1ccccc1O)CCN(CC/N=C\c1ccccc1O)C(C)C. The van der Waals surface area contributed by atoms with Crippen LogP contribution in [-0.2, 0) is 0 Å². The van der Waals surface area contributed by atoms with E-state index in [0.29, 0.717) is 25.2 Å². The Morgan fingerprint density at radius 3 is 1.38 bits per heavy atom. The smallest absolute Gasteiger partial charge is 0.124 e. The van der Waals surface area contributed by atoms with Crippen molar-refractivity contribution in [1.82, 2.24) is 9.80 Å². The molecule has 0 aliphatic carbocycles. The molecular formula is C26H38N4O2. The topological polar surface area (TPSA) is 71.7 Å². The van der Waals surface area contributed by atoms with E-state index < -0.39 is 0 Å². The van der Waals surface area contributed by atoms with Crippen LogP contribution >= 0.6 is 0 Å². The van der Waals surface area contributed by atoms with Crippen LogP contribution < -0.4 is 0 Å². The quantitative estimate of drug-likeness (QED) is 0.463. The van der Waals surface area contributed by atoms with Gasteiger partial charge in [-0.3, -0.25) is 19.8 Å². The fraction of sp³-hybridized carbons (Fsp3) is 0.462. The van der Waals surface area contributed by atoms with Gasteiger partial charge in [-0.15, -0.1) is 0 Å². The van der Waals surface area contributed by atoms with Crippen molar-refractivity contribution in [3.63, 3.8) is 0 Å². The standard InChI is InChI=1S/C26H38N4O2/c1-21(2)29(15-13-27-19-23-9-5-7-11-25(23)31)17-18-30(22(3)4)16-14-28-20-24-10-6-8-12-26(24)32/h5-12,19-22,31-32H,13-18H2,1-4H3/b27-19-,28-20-. The lowest BCUT2D eigenvalue weighted by Gasteiger charge is -2.31. The van der Waals surface area contributed by atoms with Gasteiger partial charge in [0.15, 0.2) is 0 Å². The molecule has 6 nitrogen and oxygen atoms in total. The van der Waals surface area contributed by atoms with Crippen LogP contribution in [0.25, 0.3) is 0 Å². The number of para-hydroxylation sites is 2. The van der Waals surface area contributed by atoms with Crippen molar-refractivity contribution in [1.29, 1.82) is 0 Å². The molecule has 174 valence electrons. The zero-order chi connectivity index (χ0) is 23.3. The Morgan fingerprint density at radius 1 is 0.656 bits per heavy atom. The van der Waals surface area contributed by atoms with Gasteiger partial charge in [-0.1, -0.05) is 24.3 Å². The molecule has 2 N–H and O–H groups in total. The second kappa shape index (κ2) is 13.7. The van der Waals surface area contributed by atoms with Gasteiger partial charge in [-0.05, 0) is 52.0 Å². The highest BCUT2D eigenvalue weighted by molar-refractivity contribution is 5.83. The highest BCUT2D eigenvalue weighted by atomic mass is 16.3. The van der Waals surface area contributed by atoms with E-state index in [1.54, 1.807) is 24.6 Å². The van der Waals surface area contributed by atoms with Gasteiger partial charge in [-0.25, -0.2) is 0 Å². The van der Waals surface area contributed by atoms with Gasteiger partial charge in [0, 0.05) is 61.8 Å². The fourth-order valence-corrected chi connectivity index (χ4v) is 3.40. The summed E-state index contributed by atoms with van der Waals surface area (Å²) in [5.74, 6) is 0.518. The van der Waals surface area contributed by atoms with E-state index in [0.717, 1.165) is 37.3 Å². The molecule has 0 heterocycles. The minimum atomic E-state index is 0.259. The van der Waals surface area contributed by atoms with Gasteiger partial charge in [-0.2, -0.15) is 0 Å². The molecule has 0 fully saturated rings. The fourth-order valence-electron chi connectivity index (χ4n) is 3.40. The van der Waals surface area contributed by atoms with E-state index in [4.69, 9.17) is 0 Å². The minimum absolute atomic E-state index is 0.259. The van der Waals surface area contributed by atoms with Crippen LogP contribution in [0.3, 0.4) is 0 Å². The summed E-state index contributed by atoms with van der Waals surface area (Å²) in [6.07, 6.45) is 3.49. The Balaban J connectivity index is 1.81. The van der Waals surface area contributed by atoms with Crippen molar-refractivity contribution in [2.24, 2.45) is 9.98 Å². The Morgan fingerprint density at radius 2 is 1.03 bits per heavy atom. The summed E-state index contributed by atoms with van der Waals surface area (Å²) in [6.45, 7) is 13.9. The molecule has 6 heteroatoms. The molecule has 0 saturated carbocycles. The van der Waals surface area contributed by atoms with Gasteiger partial charge in [0.05, 0.1) is 13.1 Å². The second-order valence-corrected chi connectivity index (χ2v) is 8.45. The predicted octanol–water partition coefficient (Wildman–Crippen LogP) is 4.06. The van der Waals surface area contributed by atoms with E-state index in [-0.39, 0.29) is 11.5 Å². The summed E-state index contributed by atoms with van der Waals surface area (Å²) in [6, 6.07) is 15.4. The predicted molar refractivity (Wildman–Crippen MR) is 135 cm³/mol. The number of aliphatic imine (C=N–C) groups is 2. The molecular weight excluding hydrogens is 400 g/mol. The van der Waals surface area contributed by atoms with Crippen LogP contribution in [0.4, 0.5) is 0 Å². The first-order valence-corrected chi connectivity index (χ1v) is 11.4. The van der Waals surface area contributed by atoms with E-state index in [1.165, 1.54) is 0 Å². The number of hydrogen-bond donors (Lipinski definition) is 2. The first-order chi connectivity index (χ1) is 15.4. The summed E-state index contributed by atoms with van der Waals surface area (Å²) >= 11 is 0. The minimum Gasteiger partial charge on any atom is -0.507 e. The third-order valence-electron chi connectivity index (χ3n) is 5.50. The maximum absolute atomic E-state index is 9.84. The Hall–Kier alpha value is -2.70. The molecule has 32 heavy (non-hydrogen) atoms. The van der Waals surface area contributed by atoms with E-state index in [9.17, 15) is 10.2 Å². The molecule has 2 rings (SSSR count). The molecule has 0 aromatic heterocycles. The number of aromatic hydroxyl groups is 2. The maximum atomic E-state index is 9.84. The summed E-state index contributed by atoms with van der Waals surface area (Å²) in [4.78, 5) is 13.9. The summed E-state index contributed by atoms with van der Waals surface area (Å²) in [5, 5.41) is 19.7. The zero-order valence-corrected chi connectivity index (χ0v) is 19.9. The van der Waals surface area contributed by atoms with Crippen LogP contribution in [0, 0.1) is 0 Å². The molecule has 2 aromatic carbocycles. The van der Waals surface area contributed by atoms with Crippen molar-refractivity contribution >= 4 is 12.4 Å². The van der Waals surface area contributed by atoms with Crippen LogP contribution in [-0.4, -0.2) is 83.8 Å². The molecule has 0 saturated heterocycles. The van der Waals surface area contributed by atoms with E-state index in [1.807, 2.05) is 36.4 Å². The van der Waals surface area contributed by atoms with Crippen LogP contribution in [0.5, 0.6) is 11.5 Å². The van der Waals surface area contributed by atoms with Crippen LogP contribution in [0.1, 0.15) is 38.8 Å². The number of benzene rings is 2. The molecule has 0 aliphatic heterocycles. The molecule has 0 atom stereocenters. The third kappa shape index (κ3) is 8.81. The average Bonchev–Trinajstić information content (AvgIpc) is 2.76. The van der Waals surface area contributed by atoms with E-state index >= 15 is 0 Å². The van der Waals surface area contributed by atoms with Crippen molar-refractivity contribution in [2.75, 3.05) is 39.3 Å². The number of phenolic OH excluding ortho intramolecular Hbond substituents is 2. The lowest BCUT2D eigenvalue weighted by Crippen LogP contribution is -2.43. The number of hydrogen-bond acceptors (Lipinski definition) is 6. The van der Waals surface area contributed by atoms with Crippen LogP contribution in [0.15, 0.2) is 58.5 Å². The molecule has 2 aromatic rings. The second-order valence-electron chi connectivity index (χ2n) is 8.45. The summed E-state index contributed by atoms with van der Waals surface area (Å²) < 4.78 is 0. The first-order valence-electron chi connectivity index (χ1n) is 11.4. The maximum Gasteiger partial charge on any atom is 0.124 e. The summed E-state index contributed by atoms with van der Waals surface area (Å²) in [7, 11) is 0. The molecule has 0 aliphatic rings. The zero-order valence-electron chi connectivity index (χ0n) is 19.9. The van der Waals surface area contributed by atoms with Crippen LogP contribution in [0.2, 0.25) is 0 Å². The monoisotopic (exact) mass is 438 g/mol. The Bertz CT molecular complexity index is 793. The Kier molecular flexibility index (Phi) is 10.9. The van der Waals surface area contributed by atoms with Gasteiger partial charge in [0.2, 0.25) is 0 Å². The summed E-state index contributed by atoms with van der Waals surface area (Å²) in [5.41, 5.74) is 1.50. The largest absolute Gasteiger partial charge is 0.507 e. The number of rotatable bonds is 13. The van der Waals surface area contributed by atoms with Gasteiger partial charge in [0.1, 0.15) is 11.5 Å². The average molecular weight is 439 g/mol. The molecule has 0 bridgehead atoms. The number of phenols is 2. The van der Waals surface area contributed by atoms with Crippen molar-refractivity contribution in [3.8, 4) is 11.5 Å². The first kappa shape index (κ1) is 25.6.